The molecular formula is C26H28N4O4. The molecule has 4 rings (SSSR count). The van der Waals surface area contributed by atoms with Crippen LogP contribution in [0.2, 0.25) is 0 Å². The third-order valence-corrected chi connectivity index (χ3v) is 5.37. The number of methoxy groups -OCH3 is 1. The van der Waals surface area contributed by atoms with E-state index >= 15 is 0 Å². The van der Waals surface area contributed by atoms with Crippen molar-refractivity contribution >= 4 is 11.9 Å². The van der Waals surface area contributed by atoms with E-state index in [9.17, 15) is 9.59 Å². The Hall–Kier alpha value is -4.20. The molecule has 2 heterocycles. The van der Waals surface area contributed by atoms with E-state index in [1.165, 1.54) is 7.11 Å². The average molecular weight is 461 g/mol. The van der Waals surface area contributed by atoms with E-state index in [4.69, 9.17) is 9.84 Å². The third-order valence-electron chi connectivity index (χ3n) is 5.37. The summed E-state index contributed by atoms with van der Waals surface area (Å²) in [4.78, 5) is 30.3. The van der Waals surface area contributed by atoms with Gasteiger partial charge in [0.1, 0.15) is 0 Å². The van der Waals surface area contributed by atoms with Crippen molar-refractivity contribution in [3.63, 3.8) is 0 Å². The lowest BCUT2D eigenvalue weighted by molar-refractivity contribution is -0.141. The Labute approximate surface area is 198 Å². The maximum atomic E-state index is 11.4. The van der Waals surface area contributed by atoms with Crippen molar-refractivity contribution in [1.82, 2.24) is 19.1 Å². The van der Waals surface area contributed by atoms with Crippen LogP contribution in [-0.4, -0.2) is 43.3 Å². The number of aryl methyl sites for hydroxylation is 1. The molecule has 4 aromatic rings. The van der Waals surface area contributed by atoms with Crippen molar-refractivity contribution in [3.8, 4) is 0 Å². The molecular weight excluding hydrogens is 432 g/mol. The molecule has 0 radical (unpaired) electrons. The van der Waals surface area contributed by atoms with Crippen molar-refractivity contribution < 1.29 is 19.4 Å². The Bertz CT molecular complexity index is 1110. The minimum atomic E-state index is -0.815. The fourth-order valence-electron chi connectivity index (χ4n) is 3.57. The van der Waals surface area contributed by atoms with Crippen molar-refractivity contribution in [2.24, 2.45) is 0 Å². The molecule has 2 atom stereocenters. The SMILES string of the molecule is COC(=O)CC(c1ccccc1)n1ccnc1.Cc1ccc(C(CC(=O)O)n2ccnc2)cc1. The number of carbonyl (C=O) groups excluding carboxylic acids is 1. The van der Waals surface area contributed by atoms with Crippen LogP contribution >= 0.6 is 0 Å². The molecule has 1 N–H and O–H groups in total. The summed E-state index contributed by atoms with van der Waals surface area (Å²) in [5, 5.41) is 8.96. The largest absolute Gasteiger partial charge is 0.481 e. The van der Waals surface area contributed by atoms with Crippen LogP contribution in [0.1, 0.15) is 41.6 Å². The predicted molar refractivity (Wildman–Crippen MR) is 127 cm³/mol. The van der Waals surface area contributed by atoms with Crippen LogP contribution in [0.25, 0.3) is 0 Å². The number of hydrogen-bond acceptors (Lipinski definition) is 5. The highest BCUT2D eigenvalue weighted by atomic mass is 16.5. The molecule has 0 aliphatic heterocycles. The van der Waals surface area contributed by atoms with Crippen LogP contribution in [-0.2, 0) is 14.3 Å². The molecule has 2 aromatic carbocycles. The first-order valence-electron chi connectivity index (χ1n) is 10.8. The number of aliphatic carboxylic acids is 1. The summed E-state index contributed by atoms with van der Waals surface area (Å²) in [6.07, 6.45) is 10.7. The van der Waals surface area contributed by atoms with Gasteiger partial charge in [0.2, 0.25) is 0 Å². The molecule has 0 fully saturated rings. The number of carboxylic acids is 1. The number of carbonyl (C=O) groups is 2. The van der Waals surface area contributed by atoms with E-state index in [0.29, 0.717) is 6.42 Å². The summed E-state index contributed by atoms with van der Waals surface area (Å²) in [6, 6.07) is 17.5. The lowest BCUT2D eigenvalue weighted by atomic mass is 10.0. The molecule has 2 unspecified atom stereocenters. The molecule has 176 valence electrons. The Morgan fingerprint density at radius 3 is 1.85 bits per heavy atom. The molecule has 2 aromatic heterocycles. The predicted octanol–water partition coefficient (Wildman–Crippen LogP) is 4.29. The molecule has 8 heteroatoms. The number of ether oxygens (including phenoxy) is 1. The van der Waals surface area contributed by atoms with E-state index < -0.39 is 5.97 Å². The number of hydrogen-bond donors (Lipinski definition) is 1. The van der Waals surface area contributed by atoms with Gasteiger partial charge in [0, 0.05) is 24.8 Å². The van der Waals surface area contributed by atoms with Gasteiger partial charge in [-0.15, -0.1) is 0 Å². The molecule has 0 bridgehead atoms. The van der Waals surface area contributed by atoms with Gasteiger partial charge >= 0.3 is 11.9 Å². The highest BCUT2D eigenvalue weighted by molar-refractivity contribution is 5.70. The fourth-order valence-corrected chi connectivity index (χ4v) is 3.57. The average Bonchev–Trinajstić information content (AvgIpc) is 3.57. The standard InChI is InChI=1S/2C13H14N2O2/c1-10-2-4-11(5-3-10)12(8-13(16)17)15-7-6-14-9-15;1-17-13(16)9-12(15-8-7-14-10-15)11-5-3-2-4-6-11/h2-7,9,12H,8H2,1H3,(H,16,17);2-8,10,12H,9H2,1H3. The summed E-state index contributed by atoms with van der Waals surface area (Å²) >= 11 is 0. The van der Waals surface area contributed by atoms with Crippen LogP contribution in [0, 0.1) is 6.92 Å². The molecule has 0 spiro atoms. The van der Waals surface area contributed by atoms with Gasteiger partial charge < -0.3 is 19.0 Å². The first kappa shape index (κ1) is 24.4. The van der Waals surface area contributed by atoms with Gasteiger partial charge in [0.25, 0.3) is 0 Å². The van der Waals surface area contributed by atoms with E-state index in [1.54, 1.807) is 31.2 Å². The van der Waals surface area contributed by atoms with Crippen LogP contribution in [0.4, 0.5) is 0 Å². The van der Waals surface area contributed by atoms with Crippen LogP contribution < -0.4 is 0 Å². The van der Waals surface area contributed by atoms with E-state index in [0.717, 1.165) is 16.7 Å². The molecule has 0 aliphatic rings. The number of imidazole rings is 2. The molecule has 8 nitrogen and oxygen atoms in total. The summed E-state index contributed by atoms with van der Waals surface area (Å²) in [5.41, 5.74) is 3.21. The lowest BCUT2D eigenvalue weighted by Crippen LogP contribution is -2.15. The zero-order valence-corrected chi connectivity index (χ0v) is 19.2. The van der Waals surface area contributed by atoms with E-state index in [-0.39, 0.29) is 24.5 Å². The maximum Gasteiger partial charge on any atom is 0.307 e. The molecule has 0 amide bonds. The second-order valence-corrected chi connectivity index (χ2v) is 7.75. The van der Waals surface area contributed by atoms with Gasteiger partial charge in [-0.1, -0.05) is 60.2 Å². The first-order valence-corrected chi connectivity index (χ1v) is 10.8. The number of esters is 1. The minimum absolute atomic E-state index is 0.0550. The van der Waals surface area contributed by atoms with Gasteiger partial charge in [-0.05, 0) is 18.1 Å². The van der Waals surface area contributed by atoms with Crippen LogP contribution in [0.15, 0.2) is 92.0 Å². The summed E-state index contributed by atoms with van der Waals surface area (Å²) in [5.74, 6) is -1.04. The van der Waals surface area contributed by atoms with Crippen molar-refractivity contribution in [2.75, 3.05) is 7.11 Å². The zero-order chi connectivity index (χ0) is 24.3. The van der Waals surface area contributed by atoms with Gasteiger partial charge in [-0.2, -0.15) is 0 Å². The molecule has 0 saturated carbocycles. The van der Waals surface area contributed by atoms with Crippen molar-refractivity contribution in [1.29, 1.82) is 0 Å². The normalized spacial score (nSPS) is 12.2. The number of carboxylic acid groups (broad SMARTS) is 1. The lowest BCUT2D eigenvalue weighted by Gasteiger charge is -2.17. The highest BCUT2D eigenvalue weighted by Gasteiger charge is 2.18. The summed E-state index contributed by atoms with van der Waals surface area (Å²) < 4.78 is 8.45. The number of benzene rings is 2. The number of rotatable bonds is 8. The molecule has 0 saturated heterocycles. The first-order chi connectivity index (χ1) is 16.5. The van der Waals surface area contributed by atoms with E-state index in [1.807, 2.05) is 76.9 Å². The topological polar surface area (TPSA) is 99.2 Å². The van der Waals surface area contributed by atoms with Gasteiger partial charge in [0.05, 0.1) is 44.7 Å². The fraction of sp³-hybridized carbons (Fsp3) is 0.231. The van der Waals surface area contributed by atoms with Gasteiger partial charge in [-0.3, -0.25) is 9.59 Å². The third kappa shape index (κ3) is 6.90. The number of aromatic nitrogens is 4. The van der Waals surface area contributed by atoms with Crippen LogP contribution in [0.3, 0.4) is 0 Å². The number of nitrogens with zero attached hydrogens (tertiary/aromatic N) is 4. The van der Waals surface area contributed by atoms with Gasteiger partial charge in [0.15, 0.2) is 0 Å². The monoisotopic (exact) mass is 460 g/mol. The maximum absolute atomic E-state index is 11.4. The van der Waals surface area contributed by atoms with Crippen molar-refractivity contribution in [3.05, 3.63) is 109 Å². The smallest absolute Gasteiger partial charge is 0.307 e. The minimum Gasteiger partial charge on any atom is -0.481 e. The van der Waals surface area contributed by atoms with Crippen molar-refractivity contribution in [2.45, 2.75) is 31.8 Å². The Morgan fingerprint density at radius 1 is 0.853 bits per heavy atom. The second kappa shape index (κ2) is 12.2. The van der Waals surface area contributed by atoms with E-state index in [2.05, 4.69) is 9.97 Å². The molecule has 34 heavy (non-hydrogen) atoms. The zero-order valence-electron chi connectivity index (χ0n) is 19.2. The Kier molecular flexibility index (Phi) is 8.73. The summed E-state index contributed by atoms with van der Waals surface area (Å²) in [6.45, 7) is 2.01. The quantitative estimate of drug-likeness (QED) is 0.394. The second-order valence-electron chi connectivity index (χ2n) is 7.75. The Morgan fingerprint density at radius 2 is 1.38 bits per heavy atom. The summed E-state index contributed by atoms with van der Waals surface area (Å²) in [7, 11) is 1.40. The van der Waals surface area contributed by atoms with Crippen LogP contribution in [0.5, 0.6) is 0 Å². The van der Waals surface area contributed by atoms with Gasteiger partial charge in [-0.25, -0.2) is 9.97 Å². The molecule has 0 aliphatic carbocycles. The Balaban J connectivity index is 0.000000191. The highest BCUT2D eigenvalue weighted by Crippen LogP contribution is 2.23.